The Labute approximate surface area is 169 Å². The van der Waals surface area contributed by atoms with Gasteiger partial charge in [0, 0.05) is 30.5 Å². The molecule has 1 fully saturated rings. The molecule has 0 bridgehead atoms. The molecule has 1 amide bonds. The van der Waals surface area contributed by atoms with E-state index in [-0.39, 0.29) is 18.0 Å². The molecule has 2 aromatic heterocycles. The van der Waals surface area contributed by atoms with Crippen molar-refractivity contribution in [2.24, 2.45) is 7.05 Å². The number of nitrogens with one attached hydrogen (secondary N) is 2. The van der Waals surface area contributed by atoms with Crippen LogP contribution in [0.1, 0.15) is 35.2 Å². The Morgan fingerprint density at radius 3 is 2.76 bits per heavy atom. The quantitative estimate of drug-likeness (QED) is 0.564. The average molecular weight is 387 g/mol. The molecule has 6 nitrogen and oxygen atoms in total. The van der Waals surface area contributed by atoms with E-state index < -0.39 is 0 Å². The van der Waals surface area contributed by atoms with E-state index in [0.29, 0.717) is 5.69 Å². The molecule has 148 valence electrons. The van der Waals surface area contributed by atoms with Crippen LogP contribution < -0.4 is 5.32 Å². The molecule has 0 spiro atoms. The standard InChI is InChI=1S/C23H25N5O/c1-27-12-11-16(14-20(27)22-25-17-8-4-5-9-18(17)26-22)24-23(29)21-13-15-7-3-6-10-19(15)28(21)2/h3-10,13,16,20H,11-12,14H2,1-2H3,(H,24,29)(H,25,26)/t16-,20-/m1/s1. The van der Waals surface area contributed by atoms with E-state index in [2.05, 4.69) is 22.2 Å². The number of H-pyrrole nitrogens is 1. The van der Waals surface area contributed by atoms with E-state index >= 15 is 0 Å². The van der Waals surface area contributed by atoms with Crippen LogP contribution >= 0.6 is 0 Å². The Morgan fingerprint density at radius 1 is 1.14 bits per heavy atom. The molecule has 0 radical (unpaired) electrons. The average Bonchev–Trinajstić information content (AvgIpc) is 3.31. The van der Waals surface area contributed by atoms with Gasteiger partial charge in [0.2, 0.25) is 0 Å². The van der Waals surface area contributed by atoms with E-state index in [1.165, 1.54) is 0 Å². The van der Waals surface area contributed by atoms with Crippen molar-refractivity contribution in [2.75, 3.05) is 13.6 Å². The number of benzene rings is 2. The van der Waals surface area contributed by atoms with Crippen LogP contribution in [0.3, 0.4) is 0 Å². The minimum absolute atomic E-state index is 0.0124. The van der Waals surface area contributed by atoms with E-state index in [4.69, 9.17) is 4.98 Å². The smallest absolute Gasteiger partial charge is 0.268 e. The van der Waals surface area contributed by atoms with Gasteiger partial charge in [-0.1, -0.05) is 30.3 Å². The van der Waals surface area contributed by atoms with Gasteiger partial charge in [0.1, 0.15) is 11.5 Å². The van der Waals surface area contributed by atoms with Gasteiger partial charge in [0.25, 0.3) is 5.91 Å². The number of hydrogen-bond donors (Lipinski definition) is 2. The van der Waals surface area contributed by atoms with Gasteiger partial charge in [-0.05, 0) is 44.2 Å². The maximum Gasteiger partial charge on any atom is 0.268 e. The van der Waals surface area contributed by atoms with Crippen LogP contribution in [0, 0.1) is 0 Å². The largest absolute Gasteiger partial charge is 0.348 e. The van der Waals surface area contributed by atoms with Gasteiger partial charge in [-0.15, -0.1) is 0 Å². The fourth-order valence-corrected chi connectivity index (χ4v) is 4.43. The number of aromatic amines is 1. The number of amides is 1. The molecule has 4 aromatic rings. The fraction of sp³-hybridized carbons (Fsp3) is 0.304. The molecular formula is C23H25N5O. The summed E-state index contributed by atoms with van der Waals surface area (Å²) in [7, 11) is 4.07. The number of fused-ring (bicyclic) bond motifs is 2. The summed E-state index contributed by atoms with van der Waals surface area (Å²) in [4.78, 5) is 23.6. The zero-order valence-corrected chi connectivity index (χ0v) is 16.7. The van der Waals surface area contributed by atoms with E-state index in [1.807, 2.05) is 66.2 Å². The number of piperidine rings is 1. The number of carbonyl (C=O) groups is 1. The molecule has 0 aliphatic carbocycles. The minimum Gasteiger partial charge on any atom is -0.348 e. The first-order valence-electron chi connectivity index (χ1n) is 10.1. The lowest BCUT2D eigenvalue weighted by atomic mass is 9.97. The molecule has 6 heteroatoms. The van der Waals surface area contributed by atoms with Crippen LogP contribution in [0.5, 0.6) is 0 Å². The highest BCUT2D eigenvalue weighted by Gasteiger charge is 2.30. The molecular weight excluding hydrogens is 362 g/mol. The summed E-state index contributed by atoms with van der Waals surface area (Å²) in [6, 6.07) is 18.4. The van der Waals surface area contributed by atoms with Crippen molar-refractivity contribution >= 4 is 27.8 Å². The molecule has 0 saturated carbocycles. The van der Waals surface area contributed by atoms with Crippen LogP contribution in [-0.4, -0.2) is 45.0 Å². The maximum atomic E-state index is 13.0. The van der Waals surface area contributed by atoms with Crippen LogP contribution in [0.25, 0.3) is 21.9 Å². The highest BCUT2D eigenvalue weighted by atomic mass is 16.2. The van der Waals surface area contributed by atoms with Gasteiger partial charge in [-0.2, -0.15) is 0 Å². The summed E-state index contributed by atoms with van der Waals surface area (Å²) in [5, 5.41) is 4.35. The van der Waals surface area contributed by atoms with Crippen molar-refractivity contribution in [3.63, 3.8) is 0 Å². The van der Waals surface area contributed by atoms with Gasteiger partial charge in [0.15, 0.2) is 0 Å². The predicted molar refractivity (Wildman–Crippen MR) is 115 cm³/mol. The predicted octanol–water partition coefficient (Wildman–Crippen LogP) is 3.62. The first-order chi connectivity index (χ1) is 14.1. The van der Waals surface area contributed by atoms with Gasteiger partial charge < -0.3 is 14.9 Å². The Morgan fingerprint density at radius 2 is 1.93 bits per heavy atom. The Bertz CT molecular complexity index is 1160. The van der Waals surface area contributed by atoms with Crippen LogP contribution in [-0.2, 0) is 7.05 Å². The SMILES string of the molecule is CN1CC[C@@H](NC(=O)c2cc3ccccc3n2C)C[C@@H]1c1nc2ccccc2[nH]1. The van der Waals surface area contributed by atoms with Crippen LogP contribution in [0.15, 0.2) is 54.6 Å². The van der Waals surface area contributed by atoms with Gasteiger partial charge in [-0.25, -0.2) is 4.98 Å². The Kier molecular flexibility index (Phi) is 4.36. The second kappa shape index (κ2) is 7.04. The Hall–Kier alpha value is -3.12. The topological polar surface area (TPSA) is 66.0 Å². The van der Waals surface area contributed by atoms with E-state index in [1.54, 1.807) is 0 Å². The van der Waals surface area contributed by atoms with Crippen molar-refractivity contribution in [2.45, 2.75) is 24.9 Å². The molecule has 3 heterocycles. The highest BCUT2D eigenvalue weighted by Crippen LogP contribution is 2.30. The number of hydrogen-bond acceptors (Lipinski definition) is 3. The van der Waals surface area contributed by atoms with Gasteiger partial charge in [-0.3, -0.25) is 9.69 Å². The third-order valence-electron chi connectivity index (χ3n) is 6.11. The van der Waals surface area contributed by atoms with Crippen LogP contribution in [0.4, 0.5) is 0 Å². The summed E-state index contributed by atoms with van der Waals surface area (Å²) in [6.45, 7) is 0.918. The minimum atomic E-state index is -0.0124. The zero-order chi connectivity index (χ0) is 20.0. The number of imidazole rings is 1. The number of nitrogens with zero attached hydrogens (tertiary/aromatic N) is 3. The normalized spacial score (nSPS) is 20.3. The van der Waals surface area contributed by atoms with Crippen molar-refractivity contribution < 1.29 is 4.79 Å². The third-order valence-corrected chi connectivity index (χ3v) is 6.11. The maximum absolute atomic E-state index is 13.0. The number of aryl methyl sites for hydroxylation is 1. The lowest BCUT2D eigenvalue weighted by Gasteiger charge is -2.36. The first-order valence-corrected chi connectivity index (χ1v) is 10.1. The highest BCUT2D eigenvalue weighted by molar-refractivity contribution is 5.98. The summed E-state index contributed by atoms with van der Waals surface area (Å²) < 4.78 is 1.97. The number of likely N-dealkylation sites (tertiary alicyclic amines) is 1. The second-order valence-electron chi connectivity index (χ2n) is 7.98. The van der Waals surface area contributed by atoms with Crippen molar-refractivity contribution in [3.05, 3.63) is 66.1 Å². The molecule has 1 aliphatic heterocycles. The lowest BCUT2D eigenvalue weighted by Crippen LogP contribution is -2.45. The molecule has 2 N–H and O–H groups in total. The Balaban J connectivity index is 1.36. The molecule has 1 saturated heterocycles. The molecule has 5 rings (SSSR count). The van der Waals surface area contributed by atoms with Crippen molar-refractivity contribution in [1.29, 1.82) is 0 Å². The first kappa shape index (κ1) is 17.9. The van der Waals surface area contributed by atoms with Crippen molar-refractivity contribution in [3.8, 4) is 0 Å². The molecule has 0 unspecified atom stereocenters. The number of para-hydroxylation sites is 3. The van der Waals surface area contributed by atoms with E-state index in [9.17, 15) is 4.79 Å². The molecule has 2 atom stereocenters. The summed E-state index contributed by atoms with van der Waals surface area (Å²) in [5.41, 5.74) is 3.81. The number of aromatic nitrogens is 3. The fourth-order valence-electron chi connectivity index (χ4n) is 4.43. The molecule has 29 heavy (non-hydrogen) atoms. The summed E-state index contributed by atoms with van der Waals surface area (Å²) >= 11 is 0. The second-order valence-corrected chi connectivity index (χ2v) is 7.98. The monoisotopic (exact) mass is 387 g/mol. The molecule has 2 aromatic carbocycles. The van der Waals surface area contributed by atoms with Gasteiger partial charge >= 0.3 is 0 Å². The number of carbonyl (C=O) groups excluding carboxylic acids is 1. The summed E-state index contributed by atoms with van der Waals surface area (Å²) in [6.07, 6.45) is 1.77. The molecule has 1 aliphatic rings. The lowest BCUT2D eigenvalue weighted by molar-refractivity contribution is 0.0876. The van der Waals surface area contributed by atoms with Crippen molar-refractivity contribution in [1.82, 2.24) is 24.8 Å². The number of rotatable bonds is 3. The zero-order valence-electron chi connectivity index (χ0n) is 16.7. The van der Waals surface area contributed by atoms with Crippen LogP contribution in [0.2, 0.25) is 0 Å². The third kappa shape index (κ3) is 3.19. The van der Waals surface area contributed by atoms with Gasteiger partial charge in [0.05, 0.1) is 17.1 Å². The summed E-state index contributed by atoms with van der Waals surface area (Å²) in [5.74, 6) is 0.957. The van der Waals surface area contributed by atoms with E-state index in [0.717, 1.165) is 47.1 Å².